The quantitative estimate of drug-likeness (QED) is 0.0277. The van der Waals surface area contributed by atoms with Gasteiger partial charge in [0.15, 0.2) is 0 Å². The average molecular weight is 785 g/mol. The summed E-state index contributed by atoms with van der Waals surface area (Å²) in [5, 5.41) is 13.7. The molecule has 0 aliphatic rings. The minimum absolute atomic E-state index is 0.00447. The number of hydrogen-bond acceptors (Lipinski definition) is 6. The number of aliphatic hydroxyl groups excluding tert-OH is 1. The number of likely N-dealkylation sites (N-methyl/N-ethyl adjacent to an activating group) is 1. The molecule has 0 rings (SSSR count). The monoisotopic (exact) mass is 785 g/mol. The zero-order valence-electron chi connectivity index (χ0n) is 36.2. The van der Waals surface area contributed by atoms with E-state index in [1.54, 1.807) is 6.08 Å². The SMILES string of the molecule is CCCCCCCCCCCCCCCCCC/C=C/CC/C=C/C(O)C(COP(=O)([O-])OCC[N+](C)(C)C)NC(=O)CCCCCCCCCCCC. The fraction of sp³-hybridized carbons (Fsp3) is 0.889. The van der Waals surface area contributed by atoms with Gasteiger partial charge in [0.1, 0.15) is 13.2 Å². The van der Waals surface area contributed by atoms with Crippen molar-refractivity contribution in [2.24, 2.45) is 0 Å². The Kier molecular flexibility index (Phi) is 36.8. The van der Waals surface area contributed by atoms with E-state index < -0.39 is 20.0 Å². The first kappa shape index (κ1) is 53.0. The first-order valence-corrected chi connectivity index (χ1v) is 24.2. The molecule has 0 fully saturated rings. The summed E-state index contributed by atoms with van der Waals surface area (Å²) in [6.45, 7) is 4.61. The van der Waals surface area contributed by atoms with Crippen LogP contribution in [0.5, 0.6) is 0 Å². The average Bonchev–Trinajstić information content (AvgIpc) is 3.12. The highest BCUT2D eigenvalue weighted by Crippen LogP contribution is 2.38. The molecular formula is C45H89N2O6P. The lowest BCUT2D eigenvalue weighted by Crippen LogP contribution is -2.45. The van der Waals surface area contributed by atoms with Gasteiger partial charge >= 0.3 is 0 Å². The zero-order chi connectivity index (χ0) is 40.0. The van der Waals surface area contributed by atoms with E-state index in [1.165, 1.54) is 148 Å². The van der Waals surface area contributed by atoms with E-state index in [0.717, 1.165) is 38.5 Å². The van der Waals surface area contributed by atoms with Crippen molar-refractivity contribution in [2.75, 3.05) is 40.9 Å². The van der Waals surface area contributed by atoms with Gasteiger partial charge in [0.25, 0.3) is 7.82 Å². The van der Waals surface area contributed by atoms with Crippen molar-refractivity contribution in [1.29, 1.82) is 0 Å². The minimum atomic E-state index is -4.59. The first-order chi connectivity index (χ1) is 26.0. The molecule has 0 radical (unpaired) electrons. The fourth-order valence-electron chi connectivity index (χ4n) is 6.52. The summed E-state index contributed by atoms with van der Waals surface area (Å²) < 4.78 is 23.1. The number of hydrogen-bond donors (Lipinski definition) is 2. The Morgan fingerprint density at radius 3 is 1.50 bits per heavy atom. The number of amides is 1. The second-order valence-corrected chi connectivity index (χ2v) is 18.2. The van der Waals surface area contributed by atoms with Gasteiger partial charge in [-0.3, -0.25) is 9.36 Å². The minimum Gasteiger partial charge on any atom is -0.756 e. The van der Waals surface area contributed by atoms with Gasteiger partial charge in [-0.05, 0) is 32.1 Å². The Bertz CT molecular complexity index is 938. The summed E-state index contributed by atoms with van der Waals surface area (Å²) in [6, 6.07) is -0.897. The summed E-state index contributed by atoms with van der Waals surface area (Å²) >= 11 is 0. The van der Waals surface area contributed by atoms with Gasteiger partial charge in [-0.15, -0.1) is 0 Å². The normalized spacial score (nSPS) is 14.6. The summed E-state index contributed by atoms with van der Waals surface area (Å²) in [4.78, 5) is 25.2. The molecule has 1 amide bonds. The molecule has 0 aliphatic carbocycles. The largest absolute Gasteiger partial charge is 0.756 e. The van der Waals surface area contributed by atoms with E-state index in [-0.39, 0.29) is 19.1 Å². The lowest BCUT2D eigenvalue weighted by atomic mass is 10.0. The molecule has 2 N–H and O–H groups in total. The number of carbonyl (C=O) groups excluding carboxylic acids is 1. The number of unbranched alkanes of at least 4 members (excludes halogenated alkanes) is 26. The second kappa shape index (κ2) is 37.6. The molecule has 3 unspecified atom stereocenters. The first-order valence-electron chi connectivity index (χ1n) is 22.7. The standard InChI is InChI=1S/C45H89N2O6P/c1-6-8-10-12-14-16-18-19-20-21-22-23-24-25-26-27-28-29-30-32-34-36-38-44(48)43(42-53-54(50,51)52-41-40-47(3,4)5)46-45(49)39-37-35-33-31-17-15-13-11-9-7-2/h29-30,36,38,43-44,48H,6-28,31-35,37,39-42H2,1-5H3,(H-,46,49,50,51)/b30-29+,38-36+. The van der Waals surface area contributed by atoms with Crippen LogP contribution in [0.3, 0.4) is 0 Å². The van der Waals surface area contributed by atoms with Gasteiger partial charge < -0.3 is 28.8 Å². The predicted molar refractivity (Wildman–Crippen MR) is 228 cm³/mol. The molecule has 0 bridgehead atoms. The Morgan fingerprint density at radius 1 is 0.630 bits per heavy atom. The number of quaternary nitrogens is 1. The Morgan fingerprint density at radius 2 is 1.04 bits per heavy atom. The molecule has 0 saturated heterocycles. The fourth-order valence-corrected chi connectivity index (χ4v) is 7.24. The molecule has 3 atom stereocenters. The number of nitrogens with zero attached hydrogens (tertiary/aromatic N) is 1. The smallest absolute Gasteiger partial charge is 0.268 e. The van der Waals surface area contributed by atoms with Crippen LogP contribution < -0.4 is 10.2 Å². The zero-order valence-corrected chi connectivity index (χ0v) is 37.1. The molecule has 0 heterocycles. The van der Waals surface area contributed by atoms with Crippen LogP contribution in [-0.4, -0.2) is 68.5 Å². The summed E-state index contributed by atoms with van der Waals surface area (Å²) in [5.74, 6) is -0.209. The molecule has 9 heteroatoms. The molecule has 320 valence electrons. The topological polar surface area (TPSA) is 108 Å². The summed E-state index contributed by atoms with van der Waals surface area (Å²) in [5.41, 5.74) is 0. The Balaban J connectivity index is 4.35. The van der Waals surface area contributed by atoms with Crippen LogP contribution in [0.25, 0.3) is 0 Å². The number of phosphoric ester groups is 1. The maximum atomic E-state index is 12.8. The highest BCUT2D eigenvalue weighted by molar-refractivity contribution is 7.45. The maximum Gasteiger partial charge on any atom is 0.268 e. The van der Waals surface area contributed by atoms with E-state index in [1.807, 2.05) is 27.2 Å². The molecule has 0 aromatic rings. The highest BCUT2D eigenvalue weighted by Gasteiger charge is 2.23. The van der Waals surface area contributed by atoms with Crippen LogP contribution in [0, 0.1) is 0 Å². The lowest BCUT2D eigenvalue weighted by molar-refractivity contribution is -0.870. The van der Waals surface area contributed by atoms with Crippen LogP contribution in [0.4, 0.5) is 0 Å². The van der Waals surface area contributed by atoms with E-state index in [2.05, 4.69) is 31.3 Å². The molecule has 0 aromatic heterocycles. The van der Waals surface area contributed by atoms with Gasteiger partial charge in [0.05, 0.1) is 39.9 Å². The van der Waals surface area contributed by atoms with Crippen LogP contribution >= 0.6 is 7.82 Å². The van der Waals surface area contributed by atoms with Crippen molar-refractivity contribution < 1.29 is 32.9 Å². The maximum absolute atomic E-state index is 12.8. The van der Waals surface area contributed by atoms with Crippen LogP contribution in [0.2, 0.25) is 0 Å². The predicted octanol–water partition coefficient (Wildman–Crippen LogP) is 11.9. The van der Waals surface area contributed by atoms with E-state index in [4.69, 9.17) is 9.05 Å². The molecule has 0 saturated carbocycles. The third kappa shape index (κ3) is 39.2. The molecule has 54 heavy (non-hydrogen) atoms. The number of phosphoric acid groups is 1. The Labute approximate surface area is 334 Å². The lowest BCUT2D eigenvalue weighted by Gasteiger charge is -2.29. The van der Waals surface area contributed by atoms with Crippen molar-refractivity contribution in [1.82, 2.24) is 5.32 Å². The van der Waals surface area contributed by atoms with Crippen molar-refractivity contribution in [2.45, 2.75) is 219 Å². The van der Waals surface area contributed by atoms with Gasteiger partial charge in [0, 0.05) is 6.42 Å². The van der Waals surface area contributed by atoms with Crippen molar-refractivity contribution in [3.05, 3.63) is 24.3 Å². The molecule has 0 aromatic carbocycles. The number of carbonyl (C=O) groups is 1. The van der Waals surface area contributed by atoms with E-state index in [9.17, 15) is 19.4 Å². The summed E-state index contributed by atoms with van der Waals surface area (Å²) in [6.07, 6.45) is 43.8. The van der Waals surface area contributed by atoms with Gasteiger partial charge in [-0.2, -0.15) is 0 Å². The highest BCUT2D eigenvalue weighted by atomic mass is 31.2. The number of rotatable bonds is 41. The van der Waals surface area contributed by atoms with Crippen molar-refractivity contribution in [3.63, 3.8) is 0 Å². The molecule has 0 spiro atoms. The Hall–Kier alpha value is -1.02. The van der Waals surface area contributed by atoms with Crippen LogP contribution in [0.1, 0.15) is 206 Å². The number of allylic oxidation sites excluding steroid dienone is 3. The second-order valence-electron chi connectivity index (χ2n) is 16.8. The number of aliphatic hydroxyl groups is 1. The molecular weight excluding hydrogens is 695 g/mol. The van der Waals surface area contributed by atoms with Gasteiger partial charge in [-0.25, -0.2) is 0 Å². The van der Waals surface area contributed by atoms with Crippen LogP contribution in [0.15, 0.2) is 24.3 Å². The summed E-state index contributed by atoms with van der Waals surface area (Å²) in [7, 11) is 1.25. The third-order valence-corrected chi connectivity index (χ3v) is 11.1. The molecule has 8 nitrogen and oxygen atoms in total. The van der Waals surface area contributed by atoms with Gasteiger partial charge in [-0.1, -0.05) is 192 Å². The van der Waals surface area contributed by atoms with Gasteiger partial charge in [0.2, 0.25) is 5.91 Å². The van der Waals surface area contributed by atoms with E-state index in [0.29, 0.717) is 17.4 Å². The molecule has 0 aliphatic heterocycles. The van der Waals surface area contributed by atoms with Crippen molar-refractivity contribution in [3.8, 4) is 0 Å². The van der Waals surface area contributed by atoms with Crippen LogP contribution in [-0.2, 0) is 18.4 Å². The third-order valence-electron chi connectivity index (χ3n) is 10.2. The number of nitrogens with one attached hydrogen (secondary N) is 1. The van der Waals surface area contributed by atoms with E-state index >= 15 is 0 Å². The van der Waals surface area contributed by atoms with Crippen molar-refractivity contribution >= 4 is 13.7 Å².